The number of aliphatic carboxylic acids is 1. The minimum absolute atomic E-state index is 0.200. The third kappa shape index (κ3) is 5.82. The molecule has 0 amide bonds. The van der Waals surface area contributed by atoms with E-state index in [1.807, 2.05) is 0 Å². The second-order valence-corrected chi connectivity index (χ2v) is 2.88. The molecule has 2 nitrogen and oxygen atoms in total. The second kappa shape index (κ2) is 5.47. The fourth-order valence-electron chi connectivity index (χ4n) is 0.542. The molecule has 0 aliphatic heterocycles. The van der Waals surface area contributed by atoms with Crippen LogP contribution in [0.4, 0.5) is 0 Å². The molecule has 0 atom stereocenters. The number of carboxylic acid groups (broad SMARTS) is 1. The van der Waals surface area contributed by atoms with Gasteiger partial charge in [-0.25, -0.2) is 0 Å². The van der Waals surface area contributed by atoms with Crippen molar-refractivity contribution in [3.05, 3.63) is 12.2 Å². The lowest BCUT2D eigenvalue weighted by molar-refractivity contribution is -0.136. The maximum absolute atomic E-state index is 10.1. The second-order valence-electron chi connectivity index (χ2n) is 2.08. The molecule has 0 heterocycles. The molecule has 10 heavy (non-hydrogen) atoms. The highest BCUT2D eigenvalue weighted by molar-refractivity contribution is 9.09. The van der Waals surface area contributed by atoms with Crippen molar-refractivity contribution in [2.45, 2.75) is 19.3 Å². The number of rotatable bonds is 5. The molecule has 0 bridgehead atoms. The SMILES string of the molecule is C=C(CCBr)CCC(=O)O. The first kappa shape index (κ1) is 9.69. The van der Waals surface area contributed by atoms with Gasteiger partial charge in [-0.1, -0.05) is 28.1 Å². The zero-order valence-corrected chi connectivity index (χ0v) is 7.35. The van der Waals surface area contributed by atoms with Crippen LogP contribution in [0.2, 0.25) is 0 Å². The van der Waals surface area contributed by atoms with Gasteiger partial charge in [0.2, 0.25) is 0 Å². The highest BCUT2D eigenvalue weighted by Gasteiger charge is 1.98. The summed E-state index contributed by atoms with van der Waals surface area (Å²) in [6.45, 7) is 3.72. The quantitative estimate of drug-likeness (QED) is 0.554. The standard InChI is InChI=1S/C7H11BrO2/c1-6(4-5-8)2-3-7(9)10/h1-5H2,(H,9,10). The van der Waals surface area contributed by atoms with Crippen LogP contribution in [0.5, 0.6) is 0 Å². The van der Waals surface area contributed by atoms with E-state index in [2.05, 4.69) is 22.5 Å². The lowest BCUT2D eigenvalue weighted by Gasteiger charge is -1.98. The van der Waals surface area contributed by atoms with Crippen molar-refractivity contribution in [3.8, 4) is 0 Å². The fraction of sp³-hybridized carbons (Fsp3) is 0.571. The third-order valence-corrected chi connectivity index (χ3v) is 1.54. The number of hydrogen-bond donors (Lipinski definition) is 1. The Kier molecular flexibility index (Phi) is 5.30. The van der Waals surface area contributed by atoms with Gasteiger partial charge < -0.3 is 5.11 Å². The van der Waals surface area contributed by atoms with Crippen molar-refractivity contribution in [1.82, 2.24) is 0 Å². The predicted octanol–water partition coefficient (Wildman–Crippen LogP) is 2.19. The molecule has 0 aliphatic rings. The Hall–Kier alpha value is -0.310. The maximum atomic E-state index is 10.1. The molecule has 0 aliphatic carbocycles. The number of allylic oxidation sites excluding steroid dienone is 1. The zero-order chi connectivity index (χ0) is 7.98. The summed E-state index contributed by atoms with van der Waals surface area (Å²) in [5, 5.41) is 9.14. The van der Waals surface area contributed by atoms with E-state index in [0.29, 0.717) is 6.42 Å². The number of carboxylic acids is 1. The summed E-state index contributed by atoms with van der Waals surface area (Å²) < 4.78 is 0. The first-order valence-electron chi connectivity index (χ1n) is 3.11. The summed E-state index contributed by atoms with van der Waals surface area (Å²) in [7, 11) is 0. The van der Waals surface area contributed by atoms with Crippen LogP contribution in [0.3, 0.4) is 0 Å². The molecule has 0 aromatic carbocycles. The monoisotopic (exact) mass is 206 g/mol. The number of halogens is 1. The van der Waals surface area contributed by atoms with Crippen LogP contribution in [0, 0.1) is 0 Å². The van der Waals surface area contributed by atoms with Crippen molar-refractivity contribution < 1.29 is 9.90 Å². The highest BCUT2D eigenvalue weighted by Crippen LogP contribution is 2.08. The van der Waals surface area contributed by atoms with Gasteiger partial charge in [0.25, 0.3) is 0 Å². The largest absolute Gasteiger partial charge is 0.481 e. The average molecular weight is 207 g/mol. The number of alkyl halides is 1. The van der Waals surface area contributed by atoms with Gasteiger partial charge in [0.1, 0.15) is 0 Å². The van der Waals surface area contributed by atoms with Gasteiger partial charge >= 0.3 is 5.97 Å². The Balaban J connectivity index is 3.30. The average Bonchev–Trinajstić information content (AvgIpc) is 1.85. The molecule has 0 unspecified atom stereocenters. The molecule has 0 radical (unpaired) electrons. The summed E-state index contributed by atoms with van der Waals surface area (Å²) in [5.74, 6) is -0.754. The summed E-state index contributed by atoms with van der Waals surface area (Å²) in [5.41, 5.74) is 0.999. The van der Waals surface area contributed by atoms with Gasteiger partial charge in [-0.2, -0.15) is 0 Å². The highest BCUT2D eigenvalue weighted by atomic mass is 79.9. The van der Waals surface area contributed by atoms with Gasteiger partial charge in [-0.15, -0.1) is 0 Å². The number of carbonyl (C=O) groups is 1. The molecule has 0 aromatic rings. The molecular formula is C7H11BrO2. The van der Waals surface area contributed by atoms with Crippen LogP contribution in [0.1, 0.15) is 19.3 Å². The zero-order valence-electron chi connectivity index (χ0n) is 5.77. The van der Waals surface area contributed by atoms with Gasteiger partial charge in [-0.3, -0.25) is 4.79 Å². The van der Waals surface area contributed by atoms with E-state index in [4.69, 9.17) is 5.11 Å². The van der Waals surface area contributed by atoms with Crippen LogP contribution in [0.25, 0.3) is 0 Å². The fourth-order valence-corrected chi connectivity index (χ4v) is 1.10. The van der Waals surface area contributed by atoms with Gasteiger partial charge in [0, 0.05) is 11.8 Å². The van der Waals surface area contributed by atoms with Crippen molar-refractivity contribution in [2.24, 2.45) is 0 Å². The Labute approximate surface area is 69.1 Å². The number of hydrogen-bond acceptors (Lipinski definition) is 1. The van der Waals surface area contributed by atoms with Crippen LogP contribution < -0.4 is 0 Å². The van der Waals surface area contributed by atoms with Crippen molar-refractivity contribution in [2.75, 3.05) is 5.33 Å². The molecule has 0 spiro atoms. The van der Waals surface area contributed by atoms with Crippen molar-refractivity contribution in [1.29, 1.82) is 0 Å². The van der Waals surface area contributed by atoms with Crippen molar-refractivity contribution in [3.63, 3.8) is 0 Å². The van der Waals surface area contributed by atoms with Gasteiger partial charge in [0.05, 0.1) is 0 Å². The minimum atomic E-state index is -0.754. The normalized spacial score (nSPS) is 9.30. The lowest BCUT2D eigenvalue weighted by atomic mass is 10.1. The summed E-state index contributed by atoms with van der Waals surface area (Å²) >= 11 is 3.25. The lowest BCUT2D eigenvalue weighted by Crippen LogP contribution is -1.95. The minimum Gasteiger partial charge on any atom is -0.481 e. The molecule has 0 saturated carbocycles. The van der Waals surface area contributed by atoms with E-state index < -0.39 is 5.97 Å². The molecule has 1 N–H and O–H groups in total. The molecule has 0 aromatic heterocycles. The summed E-state index contributed by atoms with van der Waals surface area (Å²) in [6, 6.07) is 0. The Bertz CT molecular complexity index is 132. The Morgan fingerprint density at radius 3 is 2.40 bits per heavy atom. The van der Waals surface area contributed by atoms with Gasteiger partial charge in [-0.05, 0) is 12.8 Å². The predicted molar refractivity (Wildman–Crippen MR) is 44.4 cm³/mol. The third-order valence-electron chi connectivity index (χ3n) is 1.14. The molecule has 0 rings (SSSR count). The molecule has 0 fully saturated rings. The van der Waals surface area contributed by atoms with E-state index in [9.17, 15) is 4.79 Å². The molecule has 3 heteroatoms. The maximum Gasteiger partial charge on any atom is 0.303 e. The summed E-state index contributed by atoms with van der Waals surface area (Å²) in [4.78, 5) is 10.1. The first-order valence-corrected chi connectivity index (χ1v) is 4.23. The van der Waals surface area contributed by atoms with Crippen LogP contribution in [0.15, 0.2) is 12.2 Å². The molecule has 58 valence electrons. The van der Waals surface area contributed by atoms with Crippen LogP contribution in [-0.4, -0.2) is 16.4 Å². The van der Waals surface area contributed by atoms with E-state index in [0.717, 1.165) is 17.3 Å². The molecular weight excluding hydrogens is 196 g/mol. The first-order chi connectivity index (χ1) is 4.66. The molecule has 0 saturated heterocycles. The Morgan fingerprint density at radius 2 is 2.00 bits per heavy atom. The van der Waals surface area contributed by atoms with E-state index in [1.54, 1.807) is 0 Å². The van der Waals surface area contributed by atoms with Crippen LogP contribution >= 0.6 is 15.9 Å². The van der Waals surface area contributed by atoms with E-state index >= 15 is 0 Å². The van der Waals surface area contributed by atoms with Crippen molar-refractivity contribution >= 4 is 21.9 Å². The van der Waals surface area contributed by atoms with E-state index in [1.165, 1.54) is 0 Å². The smallest absolute Gasteiger partial charge is 0.303 e. The summed E-state index contributed by atoms with van der Waals surface area (Å²) in [6.07, 6.45) is 1.67. The van der Waals surface area contributed by atoms with E-state index in [-0.39, 0.29) is 6.42 Å². The topological polar surface area (TPSA) is 37.3 Å². The van der Waals surface area contributed by atoms with Gasteiger partial charge in [0.15, 0.2) is 0 Å². The van der Waals surface area contributed by atoms with Crippen LogP contribution in [-0.2, 0) is 4.79 Å². The Morgan fingerprint density at radius 1 is 1.40 bits per heavy atom.